The van der Waals surface area contributed by atoms with E-state index in [0.29, 0.717) is 47.8 Å². The number of likely N-dealkylation sites (N-methyl/N-ethyl adjacent to an activating group) is 1. The summed E-state index contributed by atoms with van der Waals surface area (Å²) >= 11 is 6.25. The first-order chi connectivity index (χ1) is 13.9. The maximum atomic E-state index is 12.6. The van der Waals surface area contributed by atoms with Crippen LogP contribution in [0.3, 0.4) is 0 Å². The molecule has 0 saturated heterocycles. The molecule has 0 aromatic heterocycles. The molecule has 0 N–H and O–H groups in total. The Morgan fingerprint density at radius 2 is 1.83 bits per heavy atom. The third kappa shape index (κ3) is 4.77. The number of hydrogen-bond acceptors (Lipinski definition) is 5. The predicted octanol–water partition coefficient (Wildman–Crippen LogP) is 4.11. The standard InChI is InChI=1S/C22H24ClNO5/c1-14-9-18(26-3)19(27-4)12-16(14)13-24(2)21(25)6-5-15-10-17(23)22-20(11-15)28-7-8-29-22/h5-6,9-12H,7-8,13H2,1-4H3/b6-5+. The summed E-state index contributed by atoms with van der Waals surface area (Å²) in [5.41, 5.74) is 2.77. The van der Waals surface area contributed by atoms with Gasteiger partial charge in [-0.15, -0.1) is 0 Å². The average molecular weight is 418 g/mol. The molecule has 0 radical (unpaired) electrons. The average Bonchev–Trinajstić information content (AvgIpc) is 2.73. The number of fused-ring (bicyclic) bond motifs is 1. The molecule has 0 atom stereocenters. The Morgan fingerprint density at radius 3 is 2.55 bits per heavy atom. The van der Waals surface area contributed by atoms with E-state index in [-0.39, 0.29) is 5.91 Å². The first kappa shape index (κ1) is 20.9. The third-order valence-corrected chi connectivity index (χ3v) is 4.94. The molecule has 2 aromatic carbocycles. The number of carbonyl (C=O) groups excluding carboxylic acids is 1. The highest BCUT2D eigenvalue weighted by Crippen LogP contribution is 2.38. The first-order valence-electron chi connectivity index (χ1n) is 9.16. The summed E-state index contributed by atoms with van der Waals surface area (Å²) in [6.07, 6.45) is 3.22. The topological polar surface area (TPSA) is 57.2 Å². The molecule has 1 heterocycles. The lowest BCUT2D eigenvalue weighted by molar-refractivity contribution is -0.125. The van der Waals surface area contributed by atoms with Crippen molar-refractivity contribution in [1.82, 2.24) is 4.90 Å². The molecular weight excluding hydrogens is 394 g/mol. The van der Waals surface area contributed by atoms with Crippen LogP contribution in [-0.4, -0.2) is 45.3 Å². The van der Waals surface area contributed by atoms with Crippen LogP contribution >= 0.6 is 11.6 Å². The maximum absolute atomic E-state index is 12.6. The van der Waals surface area contributed by atoms with Crippen LogP contribution in [0.25, 0.3) is 6.08 Å². The normalized spacial score (nSPS) is 12.7. The second kappa shape index (κ2) is 9.09. The summed E-state index contributed by atoms with van der Waals surface area (Å²) in [7, 11) is 4.94. The van der Waals surface area contributed by atoms with E-state index in [2.05, 4.69) is 0 Å². The highest BCUT2D eigenvalue weighted by Gasteiger charge is 2.16. The lowest BCUT2D eigenvalue weighted by atomic mass is 10.1. The van der Waals surface area contributed by atoms with Gasteiger partial charge in [0, 0.05) is 19.7 Å². The zero-order valence-electron chi connectivity index (χ0n) is 17.0. The Kier molecular flexibility index (Phi) is 6.54. The molecule has 0 spiro atoms. The van der Waals surface area contributed by atoms with E-state index < -0.39 is 0 Å². The minimum Gasteiger partial charge on any atom is -0.493 e. The minimum absolute atomic E-state index is 0.134. The molecule has 0 fully saturated rings. The number of carbonyl (C=O) groups is 1. The van der Waals surface area contributed by atoms with E-state index in [1.54, 1.807) is 38.3 Å². The van der Waals surface area contributed by atoms with Crippen LogP contribution in [-0.2, 0) is 11.3 Å². The van der Waals surface area contributed by atoms with Gasteiger partial charge in [-0.25, -0.2) is 0 Å². The van der Waals surface area contributed by atoms with Gasteiger partial charge >= 0.3 is 0 Å². The van der Waals surface area contributed by atoms with Crippen LogP contribution < -0.4 is 18.9 Å². The van der Waals surface area contributed by atoms with Gasteiger partial charge in [0.25, 0.3) is 0 Å². The van der Waals surface area contributed by atoms with Crippen LogP contribution in [0.4, 0.5) is 0 Å². The summed E-state index contributed by atoms with van der Waals surface area (Å²) in [6.45, 7) is 3.36. The minimum atomic E-state index is -0.134. The molecule has 1 amide bonds. The summed E-state index contributed by atoms with van der Waals surface area (Å²) in [6, 6.07) is 7.35. The van der Waals surface area contributed by atoms with Crippen LogP contribution in [0.2, 0.25) is 5.02 Å². The molecule has 6 nitrogen and oxygen atoms in total. The first-order valence-corrected chi connectivity index (χ1v) is 9.54. The van der Waals surface area contributed by atoms with Crippen molar-refractivity contribution in [2.45, 2.75) is 13.5 Å². The number of aryl methyl sites for hydroxylation is 1. The Bertz CT molecular complexity index is 941. The quantitative estimate of drug-likeness (QED) is 0.662. The molecule has 0 saturated carbocycles. The number of amides is 1. The number of rotatable bonds is 6. The molecule has 2 aromatic rings. The van der Waals surface area contributed by atoms with Gasteiger partial charge in [-0.3, -0.25) is 4.79 Å². The molecule has 3 rings (SSSR count). The van der Waals surface area contributed by atoms with Crippen molar-refractivity contribution in [3.05, 3.63) is 52.1 Å². The zero-order valence-corrected chi connectivity index (χ0v) is 17.7. The van der Waals surface area contributed by atoms with Crippen molar-refractivity contribution >= 4 is 23.6 Å². The number of hydrogen-bond donors (Lipinski definition) is 0. The van der Waals surface area contributed by atoms with Gasteiger partial charge < -0.3 is 23.8 Å². The van der Waals surface area contributed by atoms with Gasteiger partial charge in [0.2, 0.25) is 5.91 Å². The van der Waals surface area contributed by atoms with Crippen LogP contribution in [0, 0.1) is 6.92 Å². The van der Waals surface area contributed by atoms with Gasteiger partial charge in [0.05, 0.1) is 19.2 Å². The van der Waals surface area contributed by atoms with E-state index in [1.807, 2.05) is 25.1 Å². The Morgan fingerprint density at radius 1 is 1.14 bits per heavy atom. The van der Waals surface area contributed by atoms with Crippen molar-refractivity contribution in [3.63, 3.8) is 0 Å². The van der Waals surface area contributed by atoms with E-state index in [4.69, 9.17) is 30.5 Å². The maximum Gasteiger partial charge on any atom is 0.246 e. The summed E-state index contributed by atoms with van der Waals surface area (Å²) in [5.74, 6) is 2.30. The number of halogens is 1. The third-order valence-electron chi connectivity index (χ3n) is 4.66. The molecule has 0 aliphatic carbocycles. The molecular formula is C22H24ClNO5. The molecule has 0 unspecified atom stereocenters. The highest BCUT2D eigenvalue weighted by atomic mass is 35.5. The smallest absolute Gasteiger partial charge is 0.246 e. The second-order valence-corrected chi connectivity index (χ2v) is 7.10. The molecule has 154 valence electrons. The van der Waals surface area contributed by atoms with Crippen LogP contribution in [0.1, 0.15) is 16.7 Å². The fourth-order valence-corrected chi connectivity index (χ4v) is 3.32. The lowest BCUT2D eigenvalue weighted by Crippen LogP contribution is -2.24. The Balaban J connectivity index is 1.72. The molecule has 29 heavy (non-hydrogen) atoms. The van der Waals surface area contributed by atoms with E-state index in [9.17, 15) is 4.79 Å². The van der Waals surface area contributed by atoms with Crippen LogP contribution in [0.5, 0.6) is 23.0 Å². The molecule has 7 heteroatoms. The largest absolute Gasteiger partial charge is 0.493 e. The van der Waals surface area contributed by atoms with Gasteiger partial charge in [-0.1, -0.05) is 11.6 Å². The SMILES string of the molecule is COc1cc(C)c(CN(C)C(=O)/C=C/c2cc(Cl)c3c(c2)OCCO3)cc1OC. The van der Waals surface area contributed by atoms with Crippen LogP contribution in [0.15, 0.2) is 30.3 Å². The molecule has 0 bridgehead atoms. The molecule has 1 aliphatic heterocycles. The van der Waals surface area contributed by atoms with Crippen molar-refractivity contribution in [2.24, 2.45) is 0 Å². The Hall–Kier alpha value is -2.86. The van der Waals surface area contributed by atoms with E-state index >= 15 is 0 Å². The van der Waals surface area contributed by atoms with Gasteiger partial charge in [0.1, 0.15) is 13.2 Å². The van der Waals surface area contributed by atoms with Crippen molar-refractivity contribution < 1.29 is 23.7 Å². The van der Waals surface area contributed by atoms with E-state index in [1.165, 1.54) is 6.08 Å². The number of methoxy groups -OCH3 is 2. The number of ether oxygens (including phenoxy) is 4. The monoisotopic (exact) mass is 417 g/mol. The summed E-state index contributed by atoms with van der Waals surface area (Å²) in [5, 5.41) is 0.462. The number of nitrogens with zero attached hydrogens (tertiary/aromatic N) is 1. The lowest BCUT2D eigenvalue weighted by Gasteiger charge is -2.20. The highest BCUT2D eigenvalue weighted by molar-refractivity contribution is 6.32. The van der Waals surface area contributed by atoms with Crippen molar-refractivity contribution in [2.75, 3.05) is 34.5 Å². The molecule has 1 aliphatic rings. The van der Waals surface area contributed by atoms with Crippen molar-refractivity contribution in [3.8, 4) is 23.0 Å². The van der Waals surface area contributed by atoms with Gasteiger partial charge in [-0.05, 0) is 54.0 Å². The van der Waals surface area contributed by atoms with Gasteiger partial charge in [0.15, 0.2) is 23.0 Å². The predicted molar refractivity (Wildman–Crippen MR) is 112 cm³/mol. The second-order valence-electron chi connectivity index (χ2n) is 6.69. The summed E-state index contributed by atoms with van der Waals surface area (Å²) < 4.78 is 21.8. The van der Waals surface area contributed by atoms with Crippen molar-refractivity contribution in [1.29, 1.82) is 0 Å². The fraction of sp³-hybridized carbons (Fsp3) is 0.318. The zero-order chi connectivity index (χ0) is 21.0. The summed E-state index contributed by atoms with van der Waals surface area (Å²) in [4.78, 5) is 14.2. The number of benzene rings is 2. The van der Waals surface area contributed by atoms with Gasteiger partial charge in [-0.2, -0.15) is 0 Å². The fourth-order valence-electron chi connectivity index (χ4n) is 3.05. The van der Waals surface area contributed by atoms with E-state index in [0.717, 1.165) is 16.7 Å². The Labute approximate surface area is 175 Å².